The second-order valence-electron chi connectivity index (χ2n) is 7.47. The van der Waals surface area contributed by atoms with Crippen LogP contribution in [0.1, 0.15) is 6.92 Å². The summed E-state index contributed by atoms with van der Waals surface area (Å²) in [5.41, 5.74) is 2.68. The molecule has 168 valence electrons. The largest absolute Gasteiger partial charge is 0.494 e. The number of nitrogens with one attached hydrogen (secondary N) is 1. The highest BCUT2D eigenvalue weighted by Crippen LogP contribution is 2.28. The van der Waals surface area contributed by atoms with E-state index < -0.39 is 0 Å². The van der Waals surface area contributed by atoms with E-state index in [2.05, 4.69) is 38.4 Å². The Hall–Kier alpha value is -3.04. The van der Waals surface area contributed by atoms with Crippen LogP contribution in [-0.2, 0) is 4.79 Å². The molecule has 2 heterocycles. The summed E-state index contributed by atoms with van der Waals surface area (Å²) in [6.07, 6.45) is 0. The van der Waals surface area contributed by atoms with Crippen molar-refractivity contribution in [2.75, 3.05) is 55.8 Å². The molecule has 2 aromatic carbocycles. The number of hydrogen-bond acceptors (Lipinski definition) is 8. The quantitative estimate of drug-likeness (QED) is 0.518. The normalized spacial score (nSPS) is 14.4. The minimum atomic E-state index is -0.114. The van der Waals surface area contributed by atoms with Gasteiger partial charge in [0.2, 0.25) is 11.8 Å². The average molecular weight is 454 g/mol. The number of rotatable bonds is 8. The predicted octanol–water partition coefficient (Wildman–Crippen LogP) is 3.62. The molecular weight excluding hydrogens is 426 g/mol. The fraction of sp³-hybridized carbons (Fsp3) is 0.348. The van der Waals surface area contributed by atoms with E-state index in [-0.39, 0.29) is 11.7 Å². The SMILES string of the molecule is CCOc1ccc(-c2nnc(SCC(=O)Nc3ccccc3N3CCN(C)CC3)o2)cc1. The molecule has 0 atom stereocenters. The van der Waals surface area contributed by atoms with E-state index >= 15 is 0 Å². The maximum Gasteiger partial charge on any atom is 0.277 e. The van der Waals surface area contributed by atoms with Crippen LogP contribution < -0.4 is 15.0 Å². The number of carbonyl (C=O) groups is 1. The van der Waals surface area contributed by atoms with Crippen LogP contribution in [0.3, 0.4) is 0 Å². The molecule has 0 saturated carbocycles. The smallest absolute Gasteiger partial charge is 0.277 e. The molecule has 0 spiro atoms. The Morgan fingerprint density at radius 1 is 1.09 bits per heavy atom. The predicted molar refractivity (Wildman–Crippen MR) is 126 cm³/mol. The fourth-order valence-corrected chi connectivity index (χ4v) is 4.02. The number of aromatic nitrogens is 2. The van der Waals surface area contributed by atoms with E-state index in [9.17, 15) is 4.79 Å². The highest BCUT2D eigenvalue weighted by Gasteiger charge is 2.18. The first kappa shape index (κ1) is 22.2. The van der Waals surface area contributed by atoms with Crippen LogP contribution in [0.5, 0.6) is 5.75 Å². The van der Waals surface area contributed by atoms with Crippen molar-refractivity contribution in [1.29, 1.82) is 0 Å². The number of ether oxygens (including phenoxy) is 1. The van der Waals surface area contributed by atoms with Crippen LogP contribution in [0.4, 0.5) is 11.4 Å². The lowest BCUT2D eigenvalue weighted by molar-refractivity contribution is -0.113. The van der Waals surface area contributed by atoms with Crippen molar-refractivity contribution in [2.45, 2.75) is 12.1 Å². The first-order chi connectivity index (χ1) is 15.6. The Bertz CT molecular complexity index is 1030. The molecule has 0 radical (unpaired) electrons. The number of para-hydroxylation sites is 2. The van der Waals surface area contributed by atoms with Gasteiger partial charge in [0.1, 0.15) is 5.75 Å². The topological polar surface area (TPSA) is 83.7 Å². The van der Waals surface area contributed by atoms with Gasteiger partial charge in [-0.15, -0.1) is 10.2 Å². The molecule has 0 unspecified atom stereocenters. The van der Waals surface area contributed by atoms with Gasteiger partial charge >= 0.3 is 0 Å². The minimum absolute atomic E-state index is 0.114. The highest BCUT2D eigenvalue weighted by molar-refractivity contribution is 7.99. The molecule has 1 N–H and O–H groups in total. The summed E-state index contributed by atoms with van der Waals surface area (Å²) in [4.78, 5) is 17.2. The maximum absolute atomic E-state index is 12.6. The van der Waals surface area contributed by atoms with Gasteiger partial charge in [-0.2, -0.15) is 0 Å². The van der Waals surface area contributed by atoms with Gasteiger partial charge in [0, 0.05) is 31.7 Å². The molecule has 1 saturated heterocycles. The van der Waals surface area contributed by atoms with Crippen molar-refractivity contribution in [3.8, 4) is 17.2 Å². The minimum Gasteiger partial charge on any atom is -0.494 e. The van der Waals surface area contributed by atoms with Crippen LogP contribution in [0.15, 0.2) is 58.2 Å². The van der Waals surface area contributed by atoms with E-state index in [1.165, 1.54) is 11.8 Å². The van der Waals surface area contributed by atoms with Crippen molar-refractivity contribution >= 4 is 29.0 Å². The third-order valence-electron chi connectivity index (χ3n) is 5.17. The fourth-order valence-electron chi connectivity index (χ4n) is 3.46. The van der Waals surface area contributed by atoms with Gasteiger partial charge in [0.15, 0.2) is 0 Å². The van der Waals surface area contributed by atoms with E-state index in [1.807, 2.05) is 49.4 Å². The third kappa shape index (κ3) is 5.60. The van der Waals surface area contributed by atoms with Gasteiger partial charge in [-0.1, -0.05) is 23.9 Å². The molecule has 1 aliphatic rings. The van der Waals surface area contributed by atoms with Crippen LogP contribution in [0.2, 0.25) is 0 Å². The molecule has 3 aromatic rings. The molecule has 32 heavy (non-hydrogen) atoms. The summed E-state index contributed by atoms with van der Waals surface area (Å²) < 4.78 is 11.2. The molecule has 4 rings (SSSR count). The number of carbonyl (C=O) groups excluding carboxylic acids is 1. The molecular formula is C23H27N5O3S. The van der Waals surface area contributed by atoms with Crippen molar-refractivity contribution < 1.29 is 13.9 Å². The molecule has 1 amide bonds. The van der Waals surface area contributed by atoms with Crippen molar-refractivity contribution in [3.63, 3.8) is 0 Å². The number of anilines is 2. The summed E-state index contributed by atoms with van der Waals surface area (Å²) in [6.45, 7) is 6.44. The van der Waals surface area contributed by atoms with E-state index in [0.29, 0.717) is 17.7 Å². The third-order valence-corrected chi connectivity index (χ3v) is 5.99. The summed E-state index contributed by atoms with van der Waals surface area (Å²) in [7, 11) is 2.13. The molecule has 8 nitrogen and oxygen atoms in total. The summed E-state index contributed by atoms with van der Waals surface area (Å²) >= 11 is 1.22. The molecule has 9 heteroatoms. The zero-order valence-electron chi connectivity index (χ0n) is 18.3. The second-order valence-corrected chi connectivity index (χ2v) is 8.40. The lowest BCUT2D eigenvalue weighted by Gasteiger charge is -2.35. The van der Waals surface area contributed by atoms with Crippen LogP contribution in [0, 0.1) is 0 Å². The number of piperazine rings is 1. The van der Waals surface area contributed by atoms with Crippen molar-refractivity contribution in [1.82, 2.24) is 15.1 Å². The molecule has 1 aromatic heterocycles. The van der Waals surface area contributed by atoms with Crippen LogP contribution >= 0.6 is 11.8 Å². The molecule has 0 bridgehead atoms. The number of likely N-dealkylation sites (N-methyl/N-ethyl adjacent to an activating group) is 1. The lowest BCUT2D eigenvalue weighted by atomic mass is 10.2. The van der Waals surface area contributed by atoms with Crippen LogP contribution in [0.25, 0.3) is 11.5 Å². The maximum atomic E-state index is 12.6. The highest BCUT2D eigenvalue weighted by atomic mass is 32.2. The van der Waals surface area contributed by atoms with Gasteiger partial charge < -0.3 is 24.3 Å². The Morgan fingerprint density at radius 3 is 2.59 bits per heavy atom. The van der Waals surface area contributed by atoms with Crippen molar-refractivity contribution in [3.05, 3.63) is 48.5 Å². The molecule has 0 aliphatic carbocycles. The van der Waals surface area contributed by atoms with Gasteiger partial charge in [-0.3, -0.25) is 4.79 Å². The second kappa shape index (κ2) is 10.5. The Kier molecular flexibility index (Phi) is 7.28. The summed E-state index contributed by atoms with van der Waals surface area (Å²) in [5, 5.41) is 11.5. The van der Waals surface area contributed by atoms with Gasteiger partial charge in [0.05, 0.1) is 23.7 Å². The monoisotopic (exact) mass is 453 g/mol. The first-order valence-corrected chi connectivity index (χ1v) is 11.6. The number of amides is 1. The van der Waals surface area contributed by atoms with Crippen LogP contribution in [-0.4, -0.2) is 66.6 Å². The van der Waals surface area contributed by atoms with Crippen molar-refractivity contribution in [2.24, 2.45) is 0 Å². The molecule has 1 fully saturated rings. The first-order valence-electron chi connectivity index (χ1n) is 10.6. The molecule has 1 aliphatic heterocycles. The standard InChI is InChI=1S/C23H27N5O3S/c1-3-30-18-10-8-17(9-11-18)22-25-26-23(31-22)32-16-21(29)24-19-6-4-5-7-20(19)28-14-12-27(2)13-15-28/h4-11H,3,12-16H2,1-2H3,(H,24,29). The Morgan fingerprint density at radius 2 is 1.84 bits per heavy atom. The van der Waals surface area contributed by atoms with Gasteiger partial charge in [-0.05, 0) is 50.4 Å². The number of thioether (sulfide) groups is 1. The summed E-state index contributed by atoms with van der Waals surface area (Å²) in [5.74, 6) is 1.27. The van der Waals surface area contributed by atoms with Gasteiger partial charge in [-0.25, -0.2) is 0 Å². The van der Waals surface area contributed by atoms with Gasteiger partial charge in [0.25, 0.3) is 5.22 Å². The number of benzene rings is 2. The Balaban J connectivity index is 1.33. The average Bonchev–Trinajstić information content (AvgIpc) is 3.29. The number of nitrogens with zero attached hydrogens (tertiary/aromatic N) is 4. The van der Waals surface area contributed by atoms with E-state index in [0.717, 1.165) is 48.9 Å². The van der Waals surface area contributed by atoms with E-state index in [4.69, 9.17) is 9.15 Å². The lowest BCUT2D eigenvalue weighted by Crippen LogP contribution is -2.44. The van der Waals surface area contributed by atoms with E-state index in [1.54, 1.807) is 0 Å². The zero-order chi connectivity index (χ0) is 22.3. The number of hydrogen-bond donors (Lipinski definition) is 1. The Labute approximate surface area is 191 Å². The zero-order valence-corrected chi connectivity index (χ0v) is 19.1. The summed E-state index contributed by atoms with van der Waals surface area (Å²) in [6, 6.07) is 15.4.